The van der Waals surface area contributed by atoms with Crippen LogP contribution in [0.3, 0.4) is 0 Å². The number of thiophene rings is 2. The fraction of sp³-hybridized carbons (Fsp3) is 0.318. The zero-order valence-electron chi connectivity index (χ0n) is 17.2. The number of rotatable bonds is 9. The molecule has 8 heteroatoms. The summed E-state index contributed by atoms with van der Waals surface area (Å²) in [4.78, 5) is 12.9. The number of carbonyl (C=O) groups excluding carboxylic acids is 1. The Morgan fingerprint density at radius 1 is 1.03 bits per heavy atom. The minimum atomic E-state index is -3.69. The summed E-state index contributed by atoms with van der Waals surface area (Å²) in [6, 6.07) is 15.0. The zero-order valence-corrected chi connectivity index (χ0v) is 19.7. The molecular formula is C22H26N2O3S3. The van der Waals surface area contributed by atoms with Gasteiger partial charge in [0.25, 0.3) is 10.0 Å². The van der Waals surface area contributed by atoms with Gasteiger partial charge in [0.1, 0.15) is 4.21 Å². The Kier molecular flexibility index (Phi) is 7.46. The summed E-state index contributed by atoms with van der Waals surface area (Å²) >= 11 is 2.76. The van der Waals surface area contributed by atoms with Gasteiger partial charge in [0.15, 0.2) is 0 Å². The van der Waals surface area contributed by atoms with Crippen molar-refractivity contribution in [2.45, 2.75) is 43.4 Å². The molecule has 0 aliphatic carbocycles. The summed E-state index contributed by atoms with van der Waals surface area (Å²) < 4.78 is 29.4. The maximum Gasteiger partial charge on any atom is 0.250 e. The third-order valence-corrected chi connectivity index (χ3v) is 8.68. The summed E-state index contributed by atoms with van der Waals surface area (Å²) in [5, 5.41) is 4.68. The molecule has 0 aliphatic rings. The molecule has 3 aromatic rings. The van der Waals surface area contributed by atoms with Gasteiger partial charge in [-0.1, -0.05) is 44.2 Å². The first-order valence-electron chi connectivity index (χ1n) is 9.75. The van der Waals surface area contributed by atoms with Crippen LogP contribution in [0.25, 0.3) is 0 Å². The highest BCUT2D eigenvalue weighted by molar-refractivity contribution is 7.91. The topological polar surface area (TPSA) is 75.3 Å². The molecule has 2 heterocycles. The van der Waals surface area contributed by atoms with E-state index in [4.69, 9.17) is 0 Å². The Hall–Kier alpha value is -2.00. The van der Waals surface area contributed by atoms with Gasteiger partial charge >= 0.3 is 0 Å². The van der Waals surface area contributed by atoms with E-state index < -0.39 is 16.1 Å². The molecule has 0 bridgehead atoms. The minimum Gasteiger partial charge on any atom is -0.356 e. The van der Waals surface area contributed by atoms with E-state index in [2.05, 4.69) is 36.0 Å². The molecule has 3 rings (SSSR count). The van der Waals surface area contributed by atoms with E-state index in [9.17, 15) is 13.2 Å². The highest BCUT2D eigenvalue weighted by atomic mass is 32.2. The lowest BCUT2D eigenvalue weighted by atomic mass is 9.99. The number of carbonyl (C=O) groups is 1. The van der Waals surface area contributed by atoms with Gasteiger partial charge in [-0.3, -0.25) is 4.79 Å². The molecule has 1 atom stereocenters. The number of benzene rings is 1. The summed E-state index contributed by atoms with van der Waals surface area (Å²) in [6.07, 6.45) is 0.602. The van der Waals surface area contributed by atoms with Gasteiger partial charge in [-0.2, -0.15) is 4.72 Å². The van der Waals surface area contributed by atoms with Crippen LogP contribution in [0.2, 0.25) is 0 Å². The zero-order chi connectivity index (χ0) is 21.7. The highest BCUT2D eigenvalue weighted by Crippen LogP contribution is 2.30. The van der Waals surface area contributed by atoms with Crippen LogP contribution in [-0.4, -0.2) is 20.9 Å². The molecule has 0 saturated heterocycles. The normalized spacial score (nSPS) is 12.8. The van der Waals surface area contributed by atoms with Gasteiger partial charge in [-0.05, 0) is 47.0 Å². The molecule has 1 aromatic carbocycles. The van der Waals surface area contributed by atoms with Crippen molar-refractivity contribution in [3.05, 3.63) is 74.8 Å². The van der Waals surface area contributed by atoms with Crippen molar-refractivity contribution >= 4 is 38.6 Å². The van der Waals surface area contributed by atoms with Crippen molar-refractivity contribution in [1.29, 1.82) is 0 Å². The van der Waals surface area contributed by atoms with Crippen molar-refractivity contribution in [2.75, 3.05) is 6.54 Å². The molecule has 2 aromatic heterocycles. The van der Waals surface area contributed by atoms with Crippen molar-refractivity contribution in [3.63, 3.8) is 0 Å². The third-order valence-electron chi connectivity index (χ3n) is 4.68. The second-order valence-electron chi connectivity index (χ2n) is 7.34. The predicted molar refractivity (Wildman–Crippen MR) is 124 cm³/mol. The second-order valence-corrected chi connectivity index (χ2v) is 11.4. The van der Waals surface area contributed by atoms with Gasteiger partial charge in [0.05, 0.1) is 6.04 Å². The lowest BCUT2D eigenvalue weighted by Gasteiger charge is -2.18. The van der Waals surface area contributed by atoms with E-state index in [1.54, 1.807) is 12.1 Å². The molecule has 0 radical (unpaired) electrons. The van der Waals surface area contributed by atoms with Crippen molar-refractivity contribution in [3.8, 4) is 0 Å². The number of hydrogen-bond acceptors (Lipinski definition) is 5. The Balaban J connectivity index is 1.82. The molecule has 1 unspecified atom stereocenters. The smallest absolute Gasteiger partial charge is 0.250 e. The number of amides is 1. The molecule has 0 spiro atoms. The van der Waals surface area contributed by atoms with E-state index in [1.807, 2.05) is 29.6 Å². The molecule has 0 fully saturated rings. The van der Waals surface area contributed by atoms with Crippen molar-refractivity contribution in [1.82, 2.24) is 10.0 Å². The maximum atomic E-state index is 13.1. The number of nitrogens with one attached hydrogen (secondary N) is 2. The predicted octanol–water partition coefficient (Wildman–Crippen LogP) is 4.68. The SMILES string of the molecule is CC(=O)NCCc1ccc(S(=O)(=O)NC(c2ccc(C(C)C)cc2)c2cccs2)s1. The Bertz CT molecular complexity index is 1070. The fourth-order valence-corrected chi connectivity index (χ4v) is 6.48. The molecule has 5 nitrogen and oxygen atoms in total. The lowest BCUT2D eigenvalue weighted by molar-refractivity contribution is -0.118. The number of sulfonamides is 1. The third kappa shape index (κ3) is 5.78. The first-order chi connectivity index (χ1) is 14.3. The average Bonchev–Trinajstić information content (AvgIpc) is 3.38. The molecule has 30 heavy (non-hydrogen) atoms. The van der Waals surface area contributed by atoms with Crippen LogP contribution in [0, 0.1) is 0 Å². The maximum absolute atomic E-state index is 13.1. The van der Waals surface area contributed by atoms with Gasteiger partial charge in [-0.15, -0.1) is 22.7 Å². The Morgan fingerprint density at radius 3 is 2.33 bits per heavy atom. The van der Waals surface area contributed by atoms with E-state index in [0.29, 0.717) is 18.9 Å². The summed E-state index contributed by atoms with van der Waals surface area (Å²) in [5.41, 5.74) is 2.13. The quantitative estimate of drug-likeness (QED) is 0.485. The second kappa shape index (κ2) is 9.87. The van der Waals surface area contributed by atoms with Gasteiger partial charge < -0.3 is 5.32 Å². The van der Waals surface area contributed by atoms with E-state index >= 15 is 0 Å². The van der Waals surface area contributed by atoms with Gasteiger partial charge in [-0.25, -0.2) is 8.42 Å². The first-order valence-corrected chi connectivity index (χ1v) is 12.9. The summed E-state index contributed by atoms with van der Waals surface area (Å²) in [5.74, 6) is 0.321. The van der Waals surface area contributed by atoms with Crippen molar-refractivity contribution < 1.29 is 13.2 Å². The Labute approximate surface area is 186 Å². The molecule has 1 amide bonds. The monoisotopic (exact) mass is 462 g/mol. The van der Waals surface area contributed by atoms with Crippen LogP contribution in [0.1, 0.15) is 53.6 Å². The summed E-state index contributed by atoms with van der Waals surface area (Å²) in [6.45, 7) is 6.22. The Morgan fingerprint density at radius 2 is 1.73 bits per heavy atom. The van der Waals surface area contributed by atoms with E-state index in [1.165, 1.54) is 35.2 Å². The lowest BCUT2D eigenvalue weighted by Crippen LogP contribution is -2.28. The van der Waals surface area contributed by atoms with Crippen molar-refractivity contribution in [2.24, 2.45) is 0 Å². The van der Waals surface area contributed by atoms with Crippen LogP contribution >= 0.6 is 22.7 Å². The van der Waals surface area contributed by atoms with Crippen LogP contribution in [0.4, 0.5) is 0 Å². The van der Waals surface area contributed by atoms with Gasteiger partial charge in [0.2, 0.25) is 5.91 Å². The summed E-state index contributed by atoms with van der Waals surface area (Å²) in [7, 11) is -3.69. The van der Waals surface area contributed by atoms with Crippen LogP contribution in [0.5, 0.6) is 0 Å². The fourth-order valence-electron chi connectivity index (χ4n) is 3.03. The van der Waals surface area contributed by atoms with E-state index in [-0.39, 0.29) is 10.1 Å². The molecule has 2 N–H and O–H groups in total. The molecular weight excluding hydrogens is 436 g/mol. The van der Waals surface area contributed by atoms with Gasteiger partial charge in [0, 0.05) is 23.2 Å². The van der Waals surface area contributed by atoms with Crippen LogP contribution in [-0.2, 0) is 21.2 Å². The standard InChI is InChI=1S/C22H26N2O3S3/c1-15(2)17-6-8-18(9-7-17)22(20-5-4-14-28-20)24-30(26,27)21-11-10-19(29-21)12-13-23-16(3)25/h4-11,14-15,22,24H,12-13H2,1-3H3,(H,23,25). The molecule has 0 saturated carbocycles. The minimum absolute atomic E-state index is 0.0941. The largest absolute Gasteiger partial charge is 0.356 e. The number of hydrogen-bond donors (Lipinski definition) is 2. The molecule has 0 aliphatic heterocycles. The van der Waals surface area contributed by atoms with Crippen LogP contribution in [0.15, 0.2) is 58.1 Å². The van der Waals surface area contributed by atoms with Crippen LogP contribution < -0.4 is 10.0 Å². The first kappa shape index (κ1) is 22.7. The molecule has 160 valence electrons. The van der Waals surface area contributed by atoms with E-state index in [0.717, 1.165) is 15.3 Å². The highest BCUT2D eigenvalue weighted by Gasteiger charge is 2.25. The average molecular weight is 463 g/mol.